The Morgan fingerprint density at radius 1 is 1.24 bits per heavy atom. The number of rotatable bonds is 4. The second-order valence-electron chi connectivity index (χ2n) is 4.31. The van der Waals surface area contributed by atoms with E-state index in [1.165, 1.54) is 5.56 Å². The van der Waals surface area contributed by atoms with Crippen LogP contribution in [0.1, 0.15) is 18.4 Å². The molecular weight excluding hydrogens is 348 g/mol. The predicted molar refractivity (Wildman–Crippen MR) is 75.5 cm³/mol. The number of hydrogen-bond donors (Lipinski definition) is 0. The molecule has 1 aliphatic rings. The number of ether oxygens (including phenoxy) is 2. The lowest BCUT2D eigenvalue weighted by atomic mass is 9.96. The zero-order chi connectivity index (χ0) is 12.1. The normalized spacial score (nSPS) is 19.2. The molecule has 0 spiro atoms. The van der Waals surface area contributed by atoms with Crippen LogP contribution in [0.3, 0.4) is 0 Å². The molecule has 0 N–H and O–H groups in total. The van der Waals surface area contributed by atoms with Crippen molar-refractivity contribution in [2.75, 3.05) is 18.5 Å². The van der Waals surface area contributed by atoms with Crippen molar-refractivity contribution in [2.24, 2.45) is 0 Å². The molecule has 17 heavy (non-hydrogen) atoms. The molecule has 1 aromatic rings. The Labute approximate surface area is 119 Å². The van der Waals surface area contributed by atoms with Gasteiger partial charge in [0.1, 0.15) is 0 Å². The van der Waals surface area contributed by atoms with Gasteiger partial charge in [-0.25, -0.2) is 0 Å². The molecule has 0 radical (unpaired) electrons. The Bertz CT molecular complexity index is 362. The van der Waals surface area contributed by atoms with Crippen LogP contribution < -0.4 is 0 Å². The van der Waals surface area contributed by atoms with E-state index in [0.29, 0.717) is 6.61 Å². The Morgan fingerprint density at radius 2 is 1.94 bits per heavy atom. The predicted octanol–water partition coefficient (Wildman–Crippen LogP) is 3.91. The summed E-state index contributed by atoms with van der Waals surface area (Å²) in [4.78, 5) is 0. The van der Waals surface area contributed by atoms with Gasteiger partial charge in [-0.15, -0.1) is 0 Å². The van der Waals surface area contributed by atoms with Gasteiger partial charge in [-0.05, 0) is 11.6 Å². The van der Waals surface area contributed by atoms with Crippen LogP contribution in [0.2, 0.25) is 0 Å². The fraction of sp³-hybridized carbons (Fsp3) is 0.538. The van der Waals surface area contributed by atoms with Gasteiger partial charge in [0.2, 0.25) is 0 Å². The number of alkyl halides is 1. The first-order chi connectivity index (χ1) is 8.26. The van der Waals surface area contributed by atoms with E-state index in [4.69, 9.17) is 9.47 Å². The van der Waals surface area contributed by atoms with Gasteiger partial charge in [-0.3, -0.25) is 0 Å². The van der Waals surface area contributed by atoms with E-state index in [1.54, 1.807) is 0 Å². The third-order valence-electron chi connectivity index (χ3n) is 3.14. The van der Waals surface area contributed by atoms with Gasteiger partial charge in [-0.1, -0.05) is 50.1 Å². The molecule has 4 heteroatoms. The van der Waals surface area contributed by atoms with Gasteiger partial charge in [0.25, 0.3) is 0 Å². The second-order valence-corrected chi connectivity index (χ2v) is 5.72. The van der Waals surface area contributed by atoms with Crippen molar-refractivity contribution >= 4 is 31.9 Å². The molecule has 1 aliphatic heterocycles. The standard InChI is InChI=1S/C13H16Br2O2/c14-10-13(5-7-16-8-6-13)17-9-11-3-1-2-4-12(11)15/h1-4H,5-10H2. The minimum Gasteiger partial charge on any atom is -0.381 e. The summed E-state index contributed by atoms with van der Waals surface area (Å²) in [5.41, 5.74) is 1.13. The van der Waals surface area contributed by atoms with Crippen LogP contribution in [0.4, 0.5) is 0 Å². The van der Waals surface area contributed by atoms with Crippen molar-refractivity contribution < 1.29 is 9.47 Å². The summed E-state index contributed by atoms with van der Waals surface area (Å²) in [6.45, 7) is 2.23. The van der Waals surface area contributed by atoms with Gasteiger partial charge in [0, 0.05) is 35.9 Å². The van der Waals surface area contributed by atoms with E-state index in [0.717, 1.165) is 35.9 Å². The van der Waals surface area contributed by atoms with Gasteiger partial charge < -0.3 is 9.47 Å². The number of halogens is 2. The van der Waals surface area contributed by atoms with E-state index in [9.17, 15) is 0 Å². The van der Waals surface area contributed by atoms with Crippen molar-refractivity contribution in [1.82, 2.24) is 0 Å². The molecular formula is C13H16Br2O2. The maximum absolute atomic E-state index is 6.13. The molecule has 0 saturated carbocycles. The van der Waals surface area contributed by atoms with E-state index in [2.05, 4.69) is 37.9 Å². The van der Waals surface area contributed by atoms with Gasteiger partial charge in [-0.2, -0.15) is 0 Å². The van der Waals surface area contributed by atoms with Crippen molar-refractivity contribution in [3.63, 3.8) is 0 Å². The average molecular weight is 364 g/mol. The van der Waals surface area contributed by atoms with Crippen LogP contribution in [-0.2, 0) is 16.1 Å². The van der Waals surface area contributed by atoms with Crippen LogP contribution in [0.5, 0.6) is 0 Å². The van der Waals surface area contributed by atoms with E-state index in [1.807, 2.05) is 18.2 Å². The fourth-order valence-corrected chi connectivity index (χ4v) is 3.03. The lowest BCUT2D eigenvalue weighted by Crippen LogP contribution is -2.40. The Kier molecular flexibility index (Phi) is 5.03. The first-order valence-electron chi connectivity index (χ1n) is 5.77. The molecule has 0 bridgehead atoms. The number of hydrogen-bond acceptors (Lipinski definition) is 2. The highest BCUT2D eigenvalue weighted by Crippen LogP contribution is 2.29. The van der Waals surface area contributed by atoms with Gasteiger partial charge in [0.15, 0.2) is 0 Å². The molecule has 1 heterocycles. The first kappa shape index (κ1) is 13.5. The smallest absolute Gasteiger partial charge is 0.0827 e. The molecule has 1 aromatic carbocycles. The summed E-state index contributed by atoms with van der Waals surface area (Å²) in [7, 11) is 0. The maximum atomic E-state index is 6.13. The summed E-state index contributed by atoms with van der Waals surface area (Å²) in [5.74, 6) is 0. The van der Waals surface area contributed by atoms with Crippen LogP contribution >= 0.6 is 31.9 Å². The molecule has 1 fully saturated rings. The zero-order valence-electron chi connectivity index (χ0n) is 9.62. The molecule has 0 aromatic heterocycles. The summed E-state index contributed by atoms with van der Waals surface area (Å²) < 4.78 is 12.6. The second kappa shape index (κ2) is 6.32. The fourth-order valence-electron chi connectivity index (χ4n) is 1.91. The lowest BCUT2D eigenvalue weighted by Gasteiger charge is -2.35. The molecule has 94 valence electrons. The molecule has 2 nitrogen and oxygen atoms in total. The first-order valence-corrected chi connectivity index (χ1v) is 7.68. The molecule has 0 aliphatic carbocycles. The highest BCUT2D eigenvalue weighted by Gasteiger charge is 2.32. The minimum atomic E-state index is -0.0620. The third kappa shape index (κ3) is 3.53. The van der Waals surface area contributed by atoms with Crippen LogP contribution in [0.25, 0.3) is 0 Å². The van der Waals surface area contributed by atoms with E-state index in [-0.39, 0.29) is 5.60 Å². The summed E-state index contributed by atoms with van der Waals surface area (Å²) >= 11 is 7.11. The average Bonchev–Trinajstić information content (AvgIpc) is 2.39. The summed E-state index contributed by atoms with van der Waals surface area (Å²) in [5, 5.41) is 0.869. The summed E-state index contributed by atoms with van der Waals surface area (Å²) in [6, 6.07) is 8.19. The van der Waals surface area contributed by atoms with Gasteiger partial charge in [0.05, 0.1) is 12.2 Å². The van der Waals surface area contributed by atoms with Crippen molar-refractivity contribution in [3.8, 4) is 0 Å². The van der Waals surface area contributed by atoms with E-state index >= 15 is 0 Å². The Balaban J connectivity index is 1.98. The Morgan fingerprint density at radius 3 is 2.59 bits per heavy atom. The van der Waals surface area contributed by atoms with Crippen LogP contribution in [-0.4, -0.2) is 24.1 Å². The lowest BCUT2D eigenvalue weighted by molar-refractivity contribution is -0.103. The van der Waals surface area contributed by atoms with Crippen molar-refractivity contribution in [3.05, 3.63) is 34.3 Å². The third-order valence-corrected chi connectivity index (χ3v) is 4.93. The maximum Gasteiger partial charge on any atom is 0.0827 e. The van der Waals surface area contributed by atoms with Gasteiger partial charge >= 0.3 is 0 Å². The van der Waals surface area contributed by atoms with E-state index < -0.39 is 0 Å². The SMILES string of the molecule is BrCC1(OCc2ccccc2Br)CCOCC1. The minimum absolute atomic E-state index is 0.0620. The molecule has 2 rings (SSSR count). The molecule has 0 unspecified atom stereocenters. The largest absolute Gasteiger partial charge is 0.381 e. The molecule has 0 atom stereocenters. The van der Waals surface area contributed by atoms with Crippen molar-refractivity contribution in [2.45, 2.75) is 25.0 Å². The topological polar surface area (TPSA) is 18.5 Å². The molecule has 1 saturated heterocycles. The van der Waals surface area contributed by atoms with Crippen LogP contribution in [0, 0.1) is 0 Å². The van der Waals surface area contributed by atoms with Crippen LogP contribution in [0.15, 0.2) is 28.7 Å². The quantitative estimate of drug-likeness (QED) is 0.755. The zero-order valence-corrected chi connectivity index (χ0v) is 12.8. The number of benzene rings is 1. The highest BCUT2D eigenvalue weighted by molar-refractivity contribution is 9.10. The Hall–Kier alpha value is 0.1000. The highest BCUT2D eigenvalue weighted by atomic mass is 79.9. The summed E-state index contributed by atoms with van der Waals surface area (Å²) in [6.07, 6.45) is 1.92. The van der Waals surface area contributed by atoms with Crippen molar-refractivity contribution in [1.29, 1.82) is 0 Å². The molecule has 0 amide bonds. The monoisotopic (exact) mass is 362 g/mol.